The van der Waals surface area contributed by atoms with Gasteiger partial charge in [0.1, 0.15) is 0 Å². The van der Waals surface area contributed by atoms with Crippen LogP contribution >= 0.6 is 23.2 Å². The van der Waals surface area contributed by atoms with Crippen molar-refractivity contribution in [1.82, 2.24) is 0 Å². The van der Waals surface area contributed by atoms with Gasteiger partial charge >= 0.3 is 5.97 Å². The second kappa shape index (κ2) is 6.83. The molecule has 0 fully saturated rings. The van der Waals surface area contributed by atoms with Crippen LogP contribution in [-0.2, 0) is 4.74 Å². The van der Waals surface area contributed by atoms with Gasteiger partial charge in [-0.25, -0.2) is 4.79 Å². The number of halogens is 2. The Morgan fingerprint density at radius 1 is 1.14 bits per heavy atom. The van der Waals surface area contributed by atoms with Crippen molar-refractivity contribution >= 4 is 34.9 Å². The van der Waals surface area contributed by atoms with Gasteiger partial charge in [-0.1, -0.05) is 35.3 Å². The predicted octanol–water partition coefficient (Wildman–Crippen LogP) is 4.95. The molecule has 110 valence electrons. The van der Waals surface area contributed by atoms with E-state index < -0.39 is 5.97 Å². The fourth-order valence-corrected chi connectivity index (χ4v) is 2.38. The number of anilines is 1. The summed E-state index contributed by atoms with van der Waals surface area (Å²) in [6, 6.07) is 12.6. The average molecular weight is 324 g/mol. The van der Waals surface area contributed by atoms with Crippen molar-refractivity contribution in [2.75, 3.05) is 12.4 Å². The summed E-state index contributed by atoms with van der Waals surface area (Å²) in [5.74, 6) is -0.432. The van der Waals surface area contributed by atoms with E-state index >= 15 is 0 Å². The zero-order valence-corrected chi connectivity index (χ0v) is 13.2. The SMILES string of the molecule is COC(=O)c1cc(Cl)ccc1NC(C)c1cccc(Cl)c1. The number of ether oxygens (including phenoxy) is 1. The molecule has 1 N–H and O–H groups in total. The Hall–Kier alpha value is -1.71. The van der Waals surface area contributed by atoms with Gasteiger partial charge in [0.2, 0.25) is 0 Å². The quantitative estimate of drug-likeness (QED) is 0.809. The van der Waals surface area contributed by atoms with Crippen LogP contribution in [0.2, 0.25) is 10.0 Å². The minimum absolute atomic E-state index is 0.0201. The maximum atomic E-state index is 11.8. The smallest absolute Gasteiger partial charge is 0.340 e. The third-order valence-electron chi connectivity index (χ3n) is 3.11. The number of rotatable bonds is 4. The van der Waals surface area contributed by atoms with E-state index in [4.69, 9.17) is 27.9 Å². The molecule has 21 heavy (non-hydrogen) atoms. The molecular weight excluding hydrogens is 309 g/mol. The highest BCUT2D eigenvalue weighted by atomic mass is 35.5. The van der Waals surface area contributed by atoms with Crippen LogP contribution in [0.25, 0.3) is 0 Å². The first-order valence-electron chi connectivity index (χ1n) is 6.41. The van der Waals surface area contributed by atoms with Gasteiger partial charge in [0, 0.05) is 21.8 Å². The Labute approximate surface area is 133 Å². The lowest BCUT2D eigenvalue weighted by Crippen LogP contribution is -2.11. The van der Waals surface area contributed by atoms with Gasteiger partial charge in [-0.2, -0.15) is 0 Å². The maximum absolute atomic E-state index is 11.8. The average Bonchev–Trinajstić information content (AvgIpc) is 2.48. The summed E-state index contributed by atoms with van der Waals surface area (Å²) < 4.78 is 4.78. The van der Waals surface area contributed by atoms with Crippen LogP contribution < -0.4 is 5.32 Å². The van der Waals surface area contributed by atoms with Gasteiger partial charge in [0.25, 0.3) is 0 Å². The molecule has 0 saturated carbocycles. The lowest BCUT2D eigenvalue weighted by molar-refractivity contribution is 0.0602. The molecule has 1 atom stereocenters. The van der Waals surface area contributed by atoms with Crippen molar-refractivity contribution in [2.24, 2.45) is 0 Å². The van der Waals surface area contributed by atoms with Crippen molar-refractivity contribution < 1.29 is 9.53 Å². The van der Waals surface area contributed by atoms with Crippen LogP contribution in [0.1, 0.15) is 28.9 Å². The molecule has 5 heteroatoms. The Kier molecular flexibility index (Phi) is 5.10. The molecule has 2 aromatic carbocycles. The predicted molar refractivity (Wildman–Crippen MR) is 86.3 cm³/mol. The fourth-order valence-electron chi connectivity index (χ4n) is 2.01. The van der Waals surface area contributed by atoms with Crippen LogP contribution in [0.5, 0.6) is 0 Å². The second-order valence-corrected chi connectivity index (χ2v) is 5.48. The summed E-state index contributed by atoms with van der Waals surface area (Å²) in [5, 5.41) is 4.43. The standard InChI is InChI=1S/C16H15Cl2NO2/c1-10(11-4-3-5-12(17)8-11)19-15-7-6-13(18)9-14(15)16(20)21-2/h3-10,19H,1-2H3. The van der Waals surface area contributed by atoms with Crippen LogP contribution in [0.15, 0.2) is 42.5 Å². The molecule has 0 radical (unpaired) electrons. The summed E-state index contributed by atoms with van der Waals surface area (Å²) in [4.78, 5) is 11.8. The summed E-state index contributed by atoms with van der Waals surface area (Å²) >= 11 is 11.9. The molecule has 0 amide bonds. The normalized spacial score (nSPS) is 11.8. The number of esters is 1. The molecule has 0 saturated heterocycles. The third-order valence-corrected chi connectivity index (χ3v) is 3.58. The zero-order chi connectivity index (χ0) is 15.4. The summed E-state index contributed by atoms with van der Waals surface area (Å²) in [6.07, 6.45) is 0. The minimum Gasteiger partial charge on any atom is -0.465 e. The van der Waals surface area contributed by atoms with Gasteiger partial charge in [0.05, 0.1) is 12.7 Å². The molecule has 0 spiro atoms. The summed E-state index contributed by atoms with van der Waals surface area (Å²) in [7, 11) is 1.34. The molecule has 2 rings (SSSR count). The highest BCUT2D eigenvalue weighted by Gasteiger charge is 2.15. The second-order valence-electron chi connectivity index (χ2n) is 4.60. The fraction of sp³-hybridized carbons (Fsp3) is 0.188. The monoisotopic (exact) mass is 323 g/mol. The Balaban J connectivity index is 2.28. The van der Waals surface area contributed by atoms with Crippen LogP contribution in [0, 0.1) is 0 Å². The van der Waals surface area contributed by atoms with Gasteiger partial charge in [-0.05, 0) is 42.8 Å². The number of benzene rings is 2. The topological polar surface area (TPSA) is 38.3 Å². The van der Waals surface area contributed by atoms with Crippen LogP contribution in [-0.4, -0.2) is 13.1 Å². The minimum atomic E-state index is -0.432. The van der Waals surface area contributed by atoms with Crippen LogP contribution in [0.4, 0.5) is 5.69 Å². The van der Waals surface area contributed by atoms with Gasteiger partial charge in [-0.15, -0.1) is 0 Å². The van der Waals surface area contributed by atoms with Crippen LogP contribution in [0.3, 0.4) is 0 Å². The highest BCUT2D eigenvalue weighted by molar-refractivity contribution is 6.31. The molecule has 0 heterocycles. The van der Waals surface area contributed by atoms with Crippen molar-refractivity contribution in [1.29, 1.82) is 0 Å². The van der Waals surface area contributed by atoms with Crippen molar-refractivity contribution in [3.63, 3.8) is 0 Å². The molecule has 0 aliphatic heterocycles. The van der Waals surface area contributed by atoms with E-state index in [0.717, 1.165) is 5.56 Å². The van der Waals surface area contributed by atoms with E-state index in [0.29, 0.717) is 21.3 Å². The van der Waals surface area contributed by atoms with E-state index in [1.165, 1.54) is 7.11 Å². The van der Waals surface area contributed by atoms with E-state index in [1.807, 2.05) is 31.2 Å². The van der Waals surface area contributed by atoms with E-state index in [1.54, 1.807) is 18.2 Å². The molecule has 0 aliphatic rings. The van der Waals surface area contributed by atoms with Gasteiger partial charge in [0.15, 0.2) is 0 Å². The zero-order valence-electron chi connectivity index (χ0n) is 11.7. The number of nitrogens with one attached hydrogen (secondary N) is 1. The van der Waals surface area contributed by atoms with E-state index in [2.05, 4.69) is 5.32 Å². The first kappa shape index (κ1) is 15.7. The lowest BCUT2D eigenvalue weighted by atomic mass is 10.1. The van der Waals surface area contributed by atoms with Crippen molar-refractivity contribution in [3.05, 3.63) is 63.6 Å². The Bertz CT molecular complexity index is 658. The van der Waals surface area contributed by atoms with Gasteiger partial charge in [-0.3, -0.25) is 0 Å². The van der Waals surface area contributed by atoms with Gasteiger partial charge < -0.3 is 10.1 Å². The molecule has 1 unspecified atom stereocenters. The first-order chi connectivity index (χ1) is 10.0. The molecule has 2 aromatic rings. The Morgan fingerprint density at radius 3 is 2.52 bits per heavy atom. The largest absolute Gasteiger partial charge is 0.465 e. The summed E-state index contributed by atoms with van der Waals surface area (Å²) in [5.41, 5.74) is 2.09. The summed E-state index contributed by atoms with van der Waals surface area (Å²) in [6.45, 7) is 1.99. The number of carbonyl (C=O) groups is 1. The molecular formula is C16H15Cl2NO2. The Morgan fingerprint density at radius 2 is 1.86 bits per heavy atom. The highest BCUT2D eigenvalue weighted by Crippen LogP contribution is 2.26. The number of hydrogen-bond acceptors (Lipinski definition) is 3. The third kappa shape index (κ3) is 3.90. The van der Waals surface area contributed by atoms with Crippen molar-refractivity contribution in [3.8, 4) is 0 Å². The number of methoxy groups -OCH3 is 1. The molecule has 3 nitrogen and oxygen atoms in total. The number of carbonyl (C=O) groups excluding carboxylic acids is 1. The molecule has 0 bridgehead atoms. The first-order valence-corrected chi connectivity index (χ1v) is 7.16. The van der Waals surface area contributed by atoms with E-state index in [-0.39, 0.29) is 6.04 Å². The number of hydrogen-bond donors (Lipinski definition) is 1. The maximum Gasteiger partial charge on any atom is 0.340 e. The lowest BCUT2D eigenvalue weighted by Gasteiger charge is -2.18. The molecule has 0 aliphatic carbocycles. The van der Waals surface area contributed by atoms with E-state index in [9.17, 15) is 4.79 Å². The van der Waals surface area contributed by atoms with Crippen molar-refractivity contribution in [2.45, 2.75) is 13.0 Å². The molecule has 0 aromatic heterocycles.